The molecule has 0 radical (unpaired) electrons. The Labute approximate surface area is 112 Å². The van der Waals surface area contributed by atoms with Crippen LogP contribution < -0.4 is 11.1 Å². The SMILES string of the molecule is CCc1nn(C)c(C(=O)N(C)CCC(=O)NC)c1N. The molecular weight excluding hydrogens is 246 g/mol. The van der Waals surface area contributed by atoms with E-state index in [9.17, 15) is 9.59 Å². The van der Waals surface area contributed by atoms with Crippen LogP contribution in [0.4, 0.5) is 5.69 Å². The summed E-state index contributed by atoms with van der Waals surface area (Å²) >= 11 is 0. The molecule has 0 bridgehead atoms. The van der Waals surface area contributed by atoms with Gasteiger partial charge < -0.3 is 16.0 Å². The molecule has 7 heteroatoms. The predicted molar refractivity (Wildman–Crippen MR) is 72.6 cm³/mol. The summed E-state index contributed by atoms with van der Waals surface area (Å²) < 4.78 is 1.49. The van der Waals surface area contributed by atoms with Gasteiger partial charge in [0.15, 0.2) is 0 Å². The third-order valence-corrected chi connectivity index (χ3v) is 3.00. The van der Waals surface area contributed by atoms with Crippen LogP contribution >= 0.6 is 0 Å². The van der Waals surface area contributed by atoms with E-state index in [1.54, 1.807) is 21.1 Å². The van der Waals surface area contributed by atoms with E-state index in [1.807, 2.05) is 6.92 Å². The van der Waals surface area contributed by atoms with Crippen molar-refractivity contribution in [3.05, 3.63) is 11.4 Å². The number of nitrogen functional groups attached to an aromatic ring is 1. The predicted octanol–water partition coefficient (Wildman–Crippen LogP) is -0.227. The van der Waals surface area contributed by atoms with Crippen molar-refractivity contribution in [1.29, 1.82) is 0 Å². The molecule has 19 heavy (non-hydrogen) atoms. The number of carbonyl (C=O) groups excluding carboxylic acids is 2. The smallest absolute Gasteiger partial charge is 0.274 e. The van der Waals surface area contributed by atoms with Crippen LogP contribution in [0.15, 0.2) is 0 Å². The lowest BCUT2D eigenvalue weighted by Gasteiger charge is -2.17. The number of nitrogens with one attached hydrogen (secondary N) is 1. The quantitative estimate of drug-likeness (QED) is 0.771. The van der Waals surface area contributed by atoms with Crippen molar-refractivity contribution in [2.24, 2.45) is 7.05 Å². The Balaban J connectivity index is 2.82. The molecule has 106 valence electrons. The van der Waals surface area contributed by atoms with Gasteiger partial charge in [-0.15, -0.1) is 0 Å². The Morgan fingerprint density at radius 1 is 1.47 bits per heavy atom. The van der Waals surface area contributed by atoms with E-state index in [0.717, 1.165) is 0 Å². The molecule has 0 aliphatic rings. The lowest BCUT2D eigenvalue weighted by atomic mass is 10.2. The van der Waals surface area contributed by atoms with Crippen molar-refractivity contribution in [2.45, 2.75) is 19.8 Å². The maximum atomic E-state index is 12.3. The zero-order chi connectivity index (χ0) is 14.6. The number of carbonyl (C=O) groups is 2. The molecule has 0 aromatic carbocycles. The van der Waals surface area contributed by atoms with Gasteiger partial charge in [-0.1, -0.05) is 6.92 Å². The fourth-order valence-electron chi connectivity index (χ4n) is 1.79. The molecule has 1 heterocycles. The van der Waals surface area contributed by atoms with E-state index in [2.05, 4.69) is 10.4 Å². The van der Waals surface area contributed by atoms with Crippen molar-refractivity contribution >= 4 is 17.5 Å². The largest absolute Gasteiger partial charge is 0.395 e. The van der Waals surface area contributed by atoms with Gasteiger partial charge in [0.1, 0.15) is 5.69 Å². The summed E-state index contributed by atoms with van der Waals surface area (Å²) in [4.78, 5) is 24.9. The van der Waals surface area contributed by atoms with Gasteiger partial charge in [-0.25, -0.2) is 0 Å². The van der Waals surface area contributed by atoms with Gasteiger partial charge in [0.05, 0.1) is 11.4 Å². The van der Waals surface area contributed by atoms with Crippen molar-refractivity contribution in [1.82, 2.24) is 20.0 Å². The van der Waals surface area contributed by atoms with E-state index in [0.29, 0.717) is 30.0 Å². The summed E-state index contributed by atoms with van der Waals surface area (Å²) in [6, 6.07) is 0. The first-order chi connectivity index (χ1) is 8.92. The Morgan fingerprint density at radius 2 is 2.11 bits per heavy atom. The van der Waals surface area contributed by atoms with Crippen LogP contribution in [0.2, 0.25) is 0 Å². The molecule has 1 rings (SSSR count). The average molecular weight is 267 g/mol. The molecule has 0 atom stereocenters. The second kappa shape index (κ2) is 6.21. The van der Waals surface area contributed by atoms with Crippen LogP contribution in [0.1, 0.15) is 29.5 Å². The maximum absolute atomic E-state index is 12.3. The van der Waals surface area contributed by atoms with E-state index in [4.69, 9.17) is 5.73 Å². The molecule has 1 aromatic heterocycles. The minimum Gasteiger partial charge on any atom is -0.395 e. The highest BCUT2D eigenvalue weighted by Gasteiger charge is 2.22. The van der Waals surface area contributed by atoms with E-state index >= 15 is 0 Å². The van der Waals surface area contributed by atoms with E-state index in [1.165, 1.54) is 9.58 Å². The van der Waals surface area contributed by atoms with Crippen LogP contribution in [0, 0.1) is 0 Å². The molecule has 0 fully saturated rings. The third kappa shape index (κ3) is 3.24. The van der Waals surface area contributed by atoms with Crippen LogP contribution in [0.5, 0.6) is 0 Å². The summed E-state index contributed by atoms with van der Waals surface area (Å²) in [5.41, 5.74) is 7.43. The highest BCUT2D eigenvalue weighted by Crippen LogP contribution is 2.18. The van der Waals surface area contributed by atoms with Crippen molar-refractivity contribution < 1.29 is 9.59 Å². The number of hydrogen-bond donors (Lipinski definition) is 2. The summed E-state index contributed by atoms with van der Waals surface area (Å²) in [5, 5.41) is 6.72. The molecule has 0 spiro atoms. The molecule has 0 unspecified atom stereocenters. The zero-order valence-electron chi connectivity index (χ0n) is 11.9. The number of amides is 2. The van der Waals surface area contributed by atoms with Gasteiger partial charge in [0.2, 0.25) is 5.91 Å². The Morgan fingerprint density at radius 3 is 2.58 bits per heavy atom. The van der Waals surface area contributed by atoms with Crippen LogP contribution in [0.3, 0.4) is 0 Å². The lowest BCUT2D eigenvalue weighted by molar-refractivity contribution is -0.120. The summed E-state index contributed by atoms with van der Waals surface area (Å²) in [6.07, 6.45) is 0.937. The van der Waals surface area contributed by atoms with Gasteiger partial charge in [0.25, 0.3) is 5.91 Å². The Hall–Kier alpha value is -2.05. The summed E-state index contributed by atoms with van der Waals surface area (Å²) in [5.74, 6) is -0.331. The normalized spacial score (nSPS) is 10.3. The van der Waals surface area contributed by atoms with Gasteiger partial charge in [-0.2, -0.15) is 5.10 Å². The number of aromatic nitrogens is 2. The first-order valence-corrected chi connectivity index (χ1v) is 6.19. The lowest BCUT2D eigenvalue weighted by Crippen LogP contribution is -2.32. The van der Waals surface area contributed by atoms with Crippen molar-refractivity contribution in [3.8, 4) is 0 Å². The standard InChI is InChI=1S/C12H21N5O2/c1-5-8-10(13)11(17(4)15-8)12(19)16(3)7-6-9(18)14-2/h5-7,13H2,1-4H3,(H,14,18). The van der Waals surface area contributed by atoms with Gasteiger partial charge in [-0.3, -0.25) is 14.3 Å². The first-order valence-electron chi connectivity index (χ1n) is 6.19. The highest BCUT2D eigenvalue weighted by molar-refractivity contribution is 5.98. The number of nitrogens with zero attached hydrogens (tertiary/aromatic N) is 3. The van der Waals surface area contributed by atoms with E-state index in [-0.39, 0.29) is 18.2 Å². The third-order valence-electron chi connectivity index (χ3n) is 3.00. The zero-order valence-corrected chi connectivity index (χ0v) is 11.9. The summed E-state index contributed by atoms with van der Waals surface area (Å²) in [7, 11) is 4.90. The Kier molecular flexibility index (Phi) is 4.91. The minimum absolute atomic E-state index is 0.105. The van der Waals surface area contributed by atoms with Crippen molar-refractivity contribution in [2.75, 3.05) is 26.4 Å². The Bertz CT molecular complexity index is 481. The average Bonchev–Trinajstić information content (AvgIpc) is 2.69. The van der Waals surface area contributed by atoms with Crippen LogP contribution in [-0.4, -0.2) is 47.1 Å². The molecule has 1 aromatic rings. The number of nitrogens with two attached hydrogens (primary N) is 1. The summed E-state index contributed by atoms with van der Waals surface area (Å²) in [6.45, 7) is 2.27. The monoisotopic (exact) mass is 267 g/mol. The minimum atomic E-state index is -0.226. The molecular formula is C12H21N5O2. The second-order valence-electron chi connectivity index (χ2n) is 4.34. The number of aryl methyl sites for hydroxylation is 2. The van der Waals surface area contributed by atoms with Gasteiger partial charge in [0, 0.05) is 34.1 Å². The van der Waals surface area contributed by atoms with Crippen molar-refractivity contribution in [3.63, 3.8) is 0 Å². The topological polar surface area (TPSA) is 93.2 Å². The first kappa shape index (κ1) is 15.0. The molecule has 2 amide bonds. The molecule has 0 saturated heterocycles. The molecule has 0 aliphatic carbocycles. The second-order valence-corrected chi connectivity index (χ2v) is 4.34. The van der Waals surface area contributed by atoms with E-state index < -0.39 is 0 Å². The van der Waals surface area contributed by atoms with Crippen LogP contribution in [0.25, 0.3) is 0 Å². The van der Waals surface area contributed by atoms with Crippen LogP contribution in [-0.2, 0) is 18.3 Å². The highest BCUT2D eigenvalue weighted by atomic mass is 16.2. The number of anilines is 1. The fraction of sp³-hybridized carbons (Fsp3) is 0.583. The maximum Gasteiger partial charge on any atom is 0.274 e. The fourth-order valence-corrected chi connectivity index (χ4v) is 1.79. The molecule has 0 saturated carbocycles. The molecule has 3 N–H and O–H groups in total. The van der Waals surface area contributed by atoms with Gasteiger partial charge in [-0.05, 0) is 6.42 Å². The molecule has 7 nitrogen and oxygen atoms in total. The molecule has 0 aliphatic heterocycles. The number of hydrogen-bond acceptors (Lipinski definition) is 4. The van der Waals surface area contributed by atoms with Gasteiger partial charge >= 0.3 is 0 Å². The number of rotatable bonds is 5.